The summed E-state index contributed by atoms with van der Waals surface area (Å²) in [6, 6.07) is 7.37. The van der Waals surface area contributed by atoms with Crippen LogP contribution in [0, 0.1) is 6.92 Å². The number of rotatable bonds is 3. The van der Waals surface area contributed by atoms with Crippen LogP contribution in [0.2, 0.25) is 5.02 Å². The summed E-state index contributed by atoms with van der Waals surface area (Å²) in [5.41, 5.74) is 1.52. The minimum absolute atomic E-state index is 0.0242. The Labute approximate surface area is 167 Å². The molecule has 138 valence electrons. The van der Waals surface area contributed by atoms with E-state index in [0.29, 0.717) is 23.7 Å². The van der Waals surface area contributed by atoms with Crippen LogP contribution in [0.5, 0.6) is 0 Å². The average molecular weight is 438 g/mol. The molecule has 1 aliphatic rings. The van der Waals surface area contributed by atoms with Gasteiger partial charge in [-0.05, 0) is 25.1 Å². The van der Waals surface area contributed by atoms with Gasteiger partial charge in [0.15, 0.2) is 0 Å². The van der Waals surface area contributed by atoms with Crippen LogP contribution in [0.15, 0.2) is 28.7 Å². The van der Waals surface area contributed by atoms with Crippen molar-refractivity contribution in [3.8, 4) is 0 Å². The minimum Gasteiger partial charge on any atom is -0.353 e. The zero-order chi connectivity index (χ0) is 18.8. The molecule has 5 nitrogen and oxygen atoms in total. The van der Waals surface area contributed by atoms with Gasteiger partial charge in [0.2, 0.25) is 0 Å². The van der Waals surface area contributed by atoms with Crippen LogP contribution in [0.4, 0.5) is 5.82 Å². The number of piperazine rings is 1. The first-order chi connectivity index (χ1) is 12.3. The van der Waals surface area contributed by atoms with Crippen molar-refractivity contribution in [1.82, 2.24) is 14.9 Å². The van der Waals surface area contributed by atoms with E-state index < -0.39 is 0 Å². The van der Waals surface area contributed by atoms with Gasteiger partial charge in [-0.1, -0.05) is 41.4 Å². The lowest BCUT2D eigenvalue weighted by Crippen LogP contribution is -2.49. The highest BCUT2D eigenvalue weighted by atomic mass is 79.9. The second-order valence-corrected chi connectivity index (χ2v) is 8.11. The molecule has 0 atom stereocenters. The Balaban J connectivity index is 1.70. The highest BCUT2D eigenvalue weighted by Gasteiger charge is 2.24. The molecule has 7 heteroatoms. The van der Waals surface area contributed by atoms with Crippen molar-refractivity contribution in [2.24, 2.45) is 0 Å². The number of nitrogens with zero attached hydrogens (tertiary/aromatic N) is 4. The number of carbonyl (C=O) groups excluding carboxylic acids is 1. The summed E-state index contributed by atoms with van der Waals surface area (Å²) in [5.74, 6) is 2.06. The molecule has 1 aromatic heterocycles. The van der Waals surface area contributed by atoms with Gasteiger partial charge in [-0.15, -0.1) is 0 Å². The SMILES string of the molecule is Cc1cc(N2CCN(C(=O)c3ccc(Br)cc3Cl)CC2)nc(C(C)C)n1. The zero-order valence-electron chi connectivity index (χ0n) is 15.2. The predicted octanol–water partition coefficient (Wildman–Crippen LogP) is 4.29. The Bertz CT molecular complexity index is 819. The second-order valence-electron chi connectivity index (χ2n) is 6.78. The second kappa shape index (κ2) is 7.92. The first kappa shape index (κ1) is 19.1. The number of aryl methyl sites for hydroxylation is 1. The van der Waals surface area contributed by atoms with Crippen molar-refractivity contribution in [1.29, 1.82) is 0 Å². The lowest BCUT2D eigenvalue weighted by atomic mass is 10.1. The molecule has 0 bridgehead atoms. The van der Waals surface area contributed by atoms with E-state index in [9.17, 15) is 4.79 Å². The van der Waals surface area contributed by atoms with Crippen molar-refractivity contribution < 1.29 is 4.79 Å². The van der Waals surface area contributed by atoms with Gasteiger partial charge in [-0.2, -0.15) is 0 Å². The van der Waals surface area contributed by atoms with Crippen LogP contribution in [0.3, 0.4) is 0 Å². The third kappa shape index (κ3) is 4.18. The van der Waals surface area contributed by atoms with E-state index in [1.54, 1.807) is 12.1 Å². The molecule has 3 rings (SSSR count). The molecule has 2 heterocycles. The molecule has 1 aromatic carbocycles. The largest absolute Gasteiger partial charge is 0.353 e. The van der Waals surface area contributed by atoms with Crippen LogP contribution in [0.1, 0.15) is 41.6 Å². The molecule has 26 heavy (non-hydrogen) atoms. The molecule has 0 spiro atoms. The molecule has 0 aliphatic carbocycles. The summed E-state index contributed by atoms with van der Waals surface area (Å²) in [6.45, 7) is 8.96. The third-order valence-electron chi connectivity index (χ3n) is 4.43. The summed E-state index contributed by atoms with van der Waals surface area (Å²) in [6.07, 6.45) is 0. The van der Waals surface area contributed by atoms with Crippen LogP contribution in [-0.4, -0.2) is 47.0 Å². The molecule has 1 aliphatic heterocycles. The van der Waals surface area contributed by atoms with Gasteiger partial charge in [0.1, 0.15) is 11.6 Å². The summed E-state index contributed by atoms with van der Waals surface area (Å²) >= 11 is 9.60. The summed E-state index contributed by atoms with van der Waals surface area (Å²) in [5, 5.41) is 0.472. The molecule has 1 fully saturated rings. The Morgan fingerprint density at radius 3 is 2.46 bits per heavy atom. The number of hydrogen-bond acceptors (Lipinski definition) is 4. The van der Waals surface area contributed by atoms with Gasteiger partial charge in [0, 0.05) is 48.3 Å². The van der Waals surface area contributed by atoms with Gasteiger partial charge < -0.3 is 9.80 Å². The Hall–Kier alpha value is -1.66. The first-order valence-electron chi connectivity index (χ1n) is 8.70. The normalized spacial score (nSPS) is 14.8. The monoisotopic (exact) mass is 436 g/mol. The molecular weight excluding hydrogens is 416 g/mol. The maximum Gasteiger partial charge on any atom is 0.255 e. The molecule has 1 amide bonds. The quantitative estimate of drug-likeness (QED) is 0.719. The highest BCUT2D eigenvalue weighted by molar-refractivity contribution is 9.10. The lowest BCUT2D eigenvalue weighted by Gasteiger charge is -2.35. The Morgan fingerprint density at radius 2 is 1.85 bits per heavy atom. The molecule has 0 saturated carbocycles. The molecule has 0 N–H and O–H groups in total. The van der Waals surface area contributed by atoms with Crippen LogP contribution in [0.25, 0.3) is 0 Å². The van der Waals surface area contributed by atoms with E-state index in [1.165, 1.54) is 0 Å². The van der Waals surface area contributed by atoms with E-state index in [0.717, 1.165) is 34.9 Å². The number of hydrogen-bond donors (Lipinski definition) is 0. The number of aromatic nitrogens is 2. The fourth-order valence-corrected chi connectivity index (χ4v) is 3.72. The lowest BCUT2D eigenvalue weighted by molar-refractivity contribution is 0.0746. The highest BCUT2D eigenvalue weighted by Crippen LogP contribution is 2.24. The molecule has 0 unspecified atom stereocenters. The fourth-order valence-electron chi connectivity index (χ4n) is 2.97. The molecule has 2 aromatic rings. The maximum atomic E-state index is 12.8. The Kier molecular flexibility index (Phi) is 5.82. The summed E-state index contributed by atoms with van der Waals surface area (Å²) in [4.78, 5) is 26.0. The number of halogens is 2. The van der Waals surface area contributed by atoms with Gasteiger partial charge in [0.05, 0.1) is 10.6 Å². The van der Waals surface area contributed by atoms with Crippen molar-refractivity contribution in [3.05, 3.63) is 50.8 Å². The topological polar surface area (TPSA) is 49.3 Å². The van der Waals surface area contributed by atoms with E-state index >= 15 is 0 Å². The first-order valence-corrected chi connectivity index (χ1v) is 9.87. The number of benzene rings is 1. The van der Waals surface area contributed by atoms with Crippen LogP contribution in [-0.2, 0) is 0 Å². The van der Waals surface area contributed by atoms with Gasteiger partial charge in [-0.3, -0.25) is 4.79 Å². The van der Waals surface area contributed by atoms with Crippen LogP contribution >= 0.6 is 27.5 Å². The van der Waals surface area contributed by atoms with E-state index in [2.05, 4.69) is 39.7 Å². The van der Waals surface area contributed by atoms with Gasteiger partial charge >= 0.3 is 0 Å². The fraction of sp³-hybridized carbons (Fsp3) is 0.421. The van der Waals surface area contributed by atoms with Crippen molar-refractivity contribution in [3.63, 3.8) is 0 Å². The zero-order valence-corrected chi connectivity index (χ0v) is 17.5. The number of anilines is 1. The average Bonchev–Trinajstić information content (AvgIpc) is 2.61. The van der Waals surface area contributed by atoms with Gasteiger partial charge in [-0.25, -0.2) is 9.97 Å². The summed E-state index contributed by atoms with van der Waals surface area (Å²) in [7, 11) is 0. The van der Waals surface area contributed by atoms with Crippen molar-refractivity contribution in [2.75, 3.05) is 31.1 Å². The number of carbonyl (C=O) groups is 1. The van der Waals surface area contributed by atoms with E-state index in [1.807, 2.05) is 24.0 Å². The van der Waals surface area contributed by atoms with Crippen LogP contribution < -0.4 is 4.90 Å². The maximum absolute atomic E-state index is 12.8. The van der Waals surface area contributed by atoms with E-state index in [4.69, 9.17) is 16.6 Å². The molecular formula is C19H22BrClN4O. The van der Waals surface area contributed by atoms with Gasteiger partial charge in [0.25, 0.3) is 5.91 Å². The third-order valence-corrected chi connectivity index (χ3v) is 5.23. The summed E-state index contributed by atoms with van der Waals surface area (Å²) < 4.78 is 0.865. The number of amides is 1. The predicted molar refractivity (Wildman–Crippen MR) is 108 cm³/mol. The Morgan fingerprint density at radius 1 is 1.15 bits per heavy atom. The van der Waals surface area contributed by atoms with E-state index in [-0.39, 0.29) is 11.8 Å². The van der Waals surface area contributed by atoms with Crippen molar-refractivity contribution in [2.45, 2.75) is 26.7 Å². The minimum atomic E-state index is -0.0242. The van der Waals surface area contributed by atoms with Crippen molar-refractivity contribution >= 4 is 39.3 Å². The smallest absolute Gasteiger partial charge is 0.255 e. The molecule has 1 saturated heterocycles. The standard InChI is InChI=1S/C19H22BrClN4O/c1-12(2)18-22-13(3)10-17(23-18)24-6-8-25(9-7-24)19(26)15-5-4-14(20)11-16(15)21/h4-5,10-12H,6-9H2,1-3H3. The molecule has 0 radical (unpaired) electrons.